The molecule has 3 N–H and O–H groups in total. The highest BCUT2D eigenvalue weighted by Gasteiger charge is 2.32. The van der Waals surface area contributed by atoms with Gasteiger partial charge < -0.3 is 16.0 Å². The fourth-order valence-electron chi connectivity index (χ4n) is 3.79. The van der Waals surface area contributed by atoms with E-state index >= 15 is 0 Å². The molecule has 1 unspecified atom stereocenters. The third kappa shape index (κ3) is 10.1. The van der Waals surface area contributed by atoms with Crippen molar-refractivity contribution in [2.75, 3.05) is 12.3 Å². The molecular formula is C25H35Cl2N3O4S2. The molecule has 1 saturated heterocycles. The Morgan fingerprint density at radius 1 is 1.11 bits per heavy atom. The fourth-order valence-corrected chi connectivity index (χ4v) is 7.30. The van der Waals surface area contributed by atoms with Crippen LogP contribution in [0, 0.1) is 5.92 Å². The van der Waals surface area contributed by atoms with Gasteiger partial charge in [0.15, 0.2) is 0 Å². The van der Waals surface area contributed by atoms with Crippen molar-refractivity contribution < 1.29 is 19.2 Å². The lowest BCUT2D eigenvalue weighted by Crippen LogP contribution is -2.56. The quantitative estimate of drug-likeness (QED) is 0.170. The van der Waals surface area contributed by atoms with E-state index in [9.17, 15) is 19.2 Å². The normalized spacial score (nSPS) is 16.9. The van der Waals surface area contributed by atoms with Gasteiger partial charge in [0.05, 0.1) is 0 Å². The minimum atomic E-state index is -1.15. The maximum Gasteiger partial charge on any atom is 0.289 e. The molecule has 11 heteroatoms. The smallest absolute Gasteiger partial charge is 0.289 e. The van der Waals surface area contributed by atoms with Crippen LogP contribution in [-0.4, -0.2) is 53.1 Å². The van der Waals surface area contributed by atoms with E-state index in [0.717, 1.165) is 19.3 Å². The number of hydrogen-bond acceptors (Lipinski definition) is 6. The average Bonchev–Trinajstić information content (AvgIpc) is 3.34. The third-order valence-electron chi connectivity index (χ3n) is 5.81. The van der Waals surface area contributed by atoms with E-state index in [-0.39, 0.29) is 24.8 Å². The summed E-state index contributed by atoms with van der Waals surface area (Å²) < 4.78 is 0. The van der Waals surface area contributed by atoms with Gasteiger partial charge in [0.1, 0.15) is 12.1 Å². The van der Waals surface area contributed by atoms with Gasteiger partial charge in [-0.25, -0.2) is 0 Å². The van der Waals surface area contributed by atoms with Crippen molar-refractivity contribution in [2.24, 2.45) is 5.92 Å². The zero-order chi connectivity index (χ0) is 26.7. The zero-order valence-electron chi connectivity index (χ0n) is 20.9. The van der Waals surface area contributed by atoms with E-state index in [2.05, 4.69) is 16.0 Å². The van der Waals surface area contributed by atoms with Gasteiger partial charge in [-0.05, 0) is 49.8 Å². The molecule has 7 nitrogen and oxygen atoms in total. The summed E-state index contributed by atoms with van der Waals surface area (Å²) in [5.41, 5.74) is 0.563. The van der Waals surface area contributed by atoms with E-state index in [4.69, 9.17) is 23.2 Å². The van der Waals surface area contributed by atoms with Gasteiger partial charge in [0.2, 0.25) is 17.6 Å². The van der Waals surface area contributed by atoms with E-state index < -0.39 is 29.7 Å². The molecule has 3 atom stereocenters. The van der Waals surface area contributed by atoms with Crippen molar-refractivity contribution in [3.05, 3.63) is 33.8 Å². The van der Waals surface area contributed by atoms with Crippen LogP contribution in [0.4, 0.5) is 0 Å². The maximum absolute atomic E-state index is 13.2. The molecule has 1 aliphatic rings. The van der Waals surface area contributed by atoms with Crippen molar-refractivity contribution in [3.8, 4) is 0 Å². The summed E-state index contributed by atoms with van der Waals surface area (Å²) in [4.78, 5) is 50.9. The van der Waals surface area contributed by atoms with Crippen LogP contribution < -0.4 is 16.0 Å². The van der Waals surface area contributed by atoms with Gasteiger partial charge in [-0.1, -0.05) is 71.1 Å². The Hall–Kier alpha value is -1.42. The van der Waals surface area contributed by atoms with E-state index in [1.807, 2.05) is 35.4 Å². The van der Waals surface area contributed by atoms with Crippen LogP contribution in [0.15, 0.2) is 18.2 Å². The number of halogens is 2. The number of likely N-dealkylation sites (N-methyl/N-ethyl adjacent to an activating group) is 1. The van der Waals surface area contributed by atoms with Crippen LogP contribution in [-0.2, 0) is 25.6 Å². The molecular weight excluding hydrogens is 541 g/mol. The number of unbranched alkanes of at least 4 members (excludes halogenated alkanes) is 1. The minimum absolute atomic E-state index is 0.00787. The van der Waals surface area contributed by atoms with Gasteiger partial charge in [-0.3, -0.25) is 19.2 Å². The SMILES string of the molecule is CCNC(=O)C(=O)[C@H](Cc1ccc(Cl)cc1Cl)NC(=O)[C@@H](NC(=O)CCCCC1CCSS1)C(C)C. The molecule has 0 spiro atoms. The number of ketones is 1. The Kier molecular flexibility index (Phi) is 13.5. The second kappa shape index (κ2) is 15.7. The maximum atomic E-state index is 13.2. The van der Waals surface area contributed by atoms with E-state index in [1.165, 1.54) is 18.2 Å². The standard InChI is InChI=1S/C25H35Cl2N3O4S2/c1-4-28-25(34)23(32)20(13-16-9-10-17(26)14-19(16)27)29-24(33)22(15(2)3)30-21(31)8-6-5-7-18-11-12-35-36-18/h9-10,14-15,18,20,22H,4-8,11-13H2,1-3H3,(H,28,34)(H,29,33)(H,30,31)/t18?,20-,22-/m0/s1. The lowest BCUT2D eigenvalue weighted by Gasteiger charge is -2.25. The molecule has 36 heavy (non-hydrogen) atoms. The first-order valence-corrected chi connectivity index (χ1v) is 15.4. The molecule has 0 bridgehead atoms. The first-order valence-electron chi connectivity index (χ1n) is 12.3. The highest BCUT2D eigenvalue weighted by atomic mass is 35.5. The number of nitrogens with one attached hydrogen (secondary N) is 3. The summed E-state index contributed by atoms with van der Waals surface area (Å²) in [5.74, 6) is -1.34. The number of carbonyl (C=O) groups excluding carboxylic acids is 4. The Balaban J connectivity index is 2.02. The van der Waals surface area contributed by atoms with Crippen molar-refractivity contribution in [2.45, 2.75) is 76.6 Å². The molecule has 2 rings (SSSR count). The van der Waals surface area contributed by atoms with Gasteiger partial charge in [0, 0.05) is 40.4 Å². The minimum Gasteiger partial charge on any atom is -0.350 e. The van der Waals surface area contributed by atoms with Crippen LogP contribution in [0.1, 0.15) is 58.4 Å². The van der Waals surface area contributed by atoms with Gasteiger partial charge in [-0.15, -0.1) is 0 Å². The summed E-state index contributed by atoms with van der Waals surface area (Å²) in [6.45, 7) is 5.60. The lowest BCUT2D eigenvalue weighted by molar-refractivity contribution is -0.140. The summed E-state index contributed by atoms with van der Waals surface area (Å²) in [7, 11) is 3.83. The lowest BCUT2D eigenvalue weighted by atomic mass is 9.98. The third-order valence-corrected chi connectivity index (χ3v) is 9.40. The first kappa shape index (κ1) is 30.8. The predicted molar refractivity (Wildman–Crippen MR) is 149 cm³/mol. The second-order valence-electron chi connectivity index (χ2n) is 9.09. The average molecular weight is 577 g/mol. The molecule has 1 aliphatic heterocycles. The molecule has 200 valence electrons. The number of hydrogen-bond donors (Lipinski definition) is 3. The number of carbonyl (C=O) groups is 4. The second-order valence-corrected chi connectivity index (χ2v) is 12.7. The fraction of sp³-hybridized carbons (Fsp3) is 0.600. The van der Waals surface area contributed by atoms with Crippen LogP contribution >= 0.6 is 44.8 Å². The van der Waals surface area contributed by atoms with Crippen molar-refractivity contribution in [1.82, 2.24) is 16.0 Å². The molecule has 0 saturated carbocycles. The molecule has 1 heterocycles. The summed E-state index contributed by atoms with van der Waals surface area (Å²) in [6.07, 6.45) is 4.38. The largest absolute Gasteiger partial charge is 0.350 e. The molecule has 0 aliphatic carbocycles. The van der Waals surface area contributed by atoms with Crippen LogP contribution in [0.3, 0.4) is 0 Å². The summed E-state index contributed by atoms with van der Waals surface area (Å²) >= 11 is 12.2. The number of Topliss-reactive ketones (excluding diaryl/α,β-unsaturated/α-hetero) is 1. The Morgan fingerprint density at radius 2 is 1.86 bits per heavy atom. The highest BCUT2D eigenvalue weighted by Crippen LogP contribution is 2.39. The molecule has 1 aromatic carbocycles. The van der Waals surface area contributed by atoms with Crippen molar-refractivity contribution in [1.29, 1.82) is 0 Å². The highest BCUT2D eigenvalue weighted by molar-refractivity contribution is 8.77. The molecule has 0 radical (unpaired) electrons. The Morgan fingerprint density at radius 3 is 2.47 bits per heavy atom. The Bertz CT molecular complexity index is 927. The number of amides is 3. The van der Waals surface area contributed by atoms with Gasteiger partial charge in [0.25, 0.3) is 5.91 Å². The molecule has 1 aromatic rings. The summed E-state index contributed by atoms with van der Waals surface area (Å²) in [6, 6.07) is 2.82. The number of rotatable bonds is 14. The molecule has 0 aromatic heterocycles. The monoisotopic (exact) mass is 575 g/mol. The van der Waals surface area contributed by atoms with Gasteiger partial charge in [-0.2, -0.15) is 0 Å². The topological polar surface area (TPSA) is 104 Å². The molecule has 3 amide bonds. The Labute approximate surface area is 231 Å². The zero-order valence-corrected chi connectivity index (χ0v) is 24.0. The molecule has 1 fully saturated rings. The van der Waals surface area contributed by atoms with E-state index in [0.29, 0.717) is 27.3 Å². The van der Waals surface area contributed by atoms with Crippen LogP contribution in [0.2, 0.25) is 10.0 Å². The number of benzene rings is 1. The van der Waals surface area contributed by atoms with Crippen LogP contribution in [0.25, 0.3) is 0 Å². The van der Waals surface area contributed by atoms with Crippen molar-refractivity contribution >= 4 is 68.3 Å². The van der Waals surface area contributed by atoms with Gasteiger partial charge >= 0.3 is 0 Å². The first-order chi connectivity index (χ1) is 17.1. The van der Waals surface area contributed by atoms with Crippen LogP contribution in [0.5, 0.6) is 0 Å². The van der Waals surface area contributed by atoms with Crippen molar-refractivity contribution in [3.63, 3.8) is 0 Å². The van der Waals surface area contributed by atoms with E-state index in [1.54, 1.807) is 19.1 Å². The summed E-state index contributed by atoms with van der Waals surface area (Å²) in [5, 5.41) is 9.39. The predicted octanol–water partition coefficient (Wildman–Crippen LogP) is 4.58.